The first-order chi connectivity index (χ1) is 25.6. The van der Waals surface area contributed by atoms with Crippen LogP contribution >= 0.6 is 0 Å². The van der Waals surface area contributed by atoms with E-state index in [9.17, 15) is 10.5 Å². The van der Waals surface area contributed by atoms with Crippen LogP contribution in [0, 0.1) is 22.7 Å². The van der Waals surface area contributed by atoms with Crippen molar-refractivity contribution in [2.45, 2.75) is 5.41 Å². The van der Waals surface area contributed by atoms with E-state index in [-0.39, 0.29) is 0 Å². The van der Waals surface area contributed by atoms with Gasteiger partial charge in [0.15, 0.2) is 17.5 Å². The van der Waals surface area contributed by atoms with Crippen molar-refractivity contribution in [2.75, 3.05) is 0 Å². The molecule has 2 aliphatic rings. The molecule has 8 aromatic rings. The zero-order chi connectivity index (χ0) is 34.8. The van der Waals surface area contributed by atoms with E-state index in [1.54, 1.807) is 6.07 Å². The molecule has 6 heteroatoms. The van der Waals surface area contributed by atoms with Crippen molar-refractivity contribution >= 4 is 10.8 Å². The molecule has 0 bridgehead atoms. The predicted molar refractivity (Wildman–Crippen MR) is 200 cm³/mol. The maximum Gasteiger partial charge on any atom is 0.164 e. The number of nitrogens with zero attached hydrogens (tertiary/aromatic N) is 5. The highest BCUT2D eigenvalue weighted by atomic mass is 16.5. The van der Waals surface area contributed by atoms with Crippen LogP contribution in [-0.4, -0.2) is 15.0 Å². The molecule has 10 rings (SSSR count). The number of ether oxygens (including phenoxy) is 1. The summed E-state index contributed by atoms with van der Waals surface area (Å²) in [5, 5.41) is 22.5. The summed E-state index contributed by atoms with van der Waals surface area (Å²) < 4.78 is 6.52. The van der Waals surface area contributed by atoms with E-state index >= 15 is 0 Å². The van der Waals surface area contributed by atoms with Crippen molar-refractivity contribution in [3.05, 3.63) is 185 Å². The maximum absolute atomic E-state index is 10.3. The Hall–Kier alpha value is -7.41. The number of fused-ring (bicyclic) bond motifs is 10. The van der Waals surface area contributed by atoms with Crippen LogP contribution in [0.15, 0.2) is 152 Å². The second kappa shape index (κ2) is 11.3. The SMILES string of the molecule is N#Cc1cc(C#N)c2c(c1)C1(c3ccccc3O2)c2ccccc2-c2cc3ccc(-c4nc(-c5ccccc5)nc(-c5ccccc5)n4)cc3cc21. The Bertz CT molecular complexity index is 2800. The largest absolute Gasteiger partial charge is 0.455 e. The zero-order valence-electron chi connectivity index (χ0n) is 27.6. The lowest BCUT2D eigenvalue weighted by Crippen LogP contribution is -2.32. The van der Waals surface area contributed by atoms with Gasteiger partial charge in [-0.3, -0.25) is 0 Å². The average Bonchev–Trinajstić information content (AvgIpc) is 3.49. The van der Waals surface area contributed by atoms with E-state index in [4.69, 9.17) is 19.7 Å². The minimum Gasteiger partial charge on any atom is -0.455 e. The highest BCUT2D eigenvalue weighted by Gasteiger charge is 2.52. The number of aromatic nitrogens is 3. The van der Waals surface area contributed by atoms with E-state index in [1.165, 1.54) is 0 Å². The van der Waals surface area contributed by atoms with Gasteiger partial charge in [-0.05, 0) is 69.4 Å². The Labute approximate surface area is 299 Å². The first-order valence-corrected chi connectivity index (χ1v) is 17.0. The Morgan fingerprint density at radius 3 is 1.79 bits per heavy atom. The van der Waals surface area contributed by atoms with Gasteiger partial charge in [-0.2, -0.15) is 10.5 Å². The standard InChI is InChI=1S/C46H25N5O/c47-26-28-21-34(27-48)42-40(22-28)46(38-17-9-10-18-41(38)52-42)37-16-8-7-15-35(37)36-24-31-19-20-32(23-33(31)25-39(36)46)45-50-43(29-11-3-1-4-12-29)49-44(51-45)30-13-5-2-6-14-30/h1-25H. The Balaban J connectivity index is 1.25. The summed E-state index contributed by atoms with van der Waals surface area (Å²) in [6.45, 7) is 0. The minimum absolute atomic E-state index is 0.329. The fourth-order valence-electron chi connectivity index (χ4n) is 7.96. The van der Waals surface area contributed by atoms with E-state index in [1.807, 2.05) is 84.9 Å². The van der Waals surface area contributed by atoms with Crippen molar-refractivity contribution in [2.24, 2.45) is 0 Å². The lowest BCUT2D eigenvalue weighted by atomic mass is 9.65. The number of para-hydroxylation sites is 1. The summed E-state index contributed by atoms with van der Waals surface area (Å²) in [5.41, 5.74) is 8.64. The molecule has 1 atom stereocenters. The number of hydrogen-bond donors (Lipinski definition) is 0. The van der Waals surface area contributed by atoms with Gasteiger partial charge in [0.05, 0.1) is 22.6 Å². The maximum atomic E-state index is 10.3. The normalized spacial score (nSPS) is 14.7. The first kappa shape index (κ1) is 29.5. The molecule has 1 aliphatic carbocycles. The lowest BCUT2D eigenvalue weighted by Gasteiger charge is -2.39. The van der Waals surface area contributed by atoms with Crippen LogP contribution in [0.1, 0.15) is 33.4 Å². The highest BCUT2D eigenvalue weighted by molar-refractivity contribution is 5.98. The zero-order valence-corrected chi connectivity index (χ0v) is 27.6. The molecular formula is C46H25N5O. The van der Waals surface area contributed by atoms with Crippen LogP contribution in [-0.2, 0) is 5.41 Å². The predicted octanol–water partition coefficient (Wildman–Crippen LogP) is 10.2. The van der Waals surface area contributed by atoms with Crippen LogP contribution in [0.5, 0.6) is 11.5 Å². The molecule has 0 saturated carbocycles. The molecule has 240 valence electrons. The molecule has 1 aromatic heterocycles. The van der Waals surface area contributed by atoms with Crippen molar-refractivity contribution in [1.29, 1.82) is 10.5 Å². The van der Waals surface area contributed by atoms with Crippen LogP contribution < -0.4 is 4.74 Å². The molecule has 0 saturated heterocycles. The van der Waals surface area contributed by atoms with E-state index in [2.05, 4.69) is 72.8 Å². The molecule has 2 heterocycles. The molecule has 0 radical (unpaired) electrons. The third-order valence-electron chi connectivity index (χ3n) is 10.2. The van der Waals surface area contributed by atoms with Gasteiger partial charge in [0.1, 0.15) is 17.6 Å². The second-order valence-corrected chi connectivity index (χ2v) is 13.0. The molecule has 1 unspecified atom stereocenters. The van der Waals surface area contributed by atoms with Crippen molar-refractivity contribution in [3.63, 3.8) is 0 Å². The molecule has 7 aromatic carbocycles. The quantitative estimate of drug-likeness (QED) is 0.187. The monoisotopic (exact) mass is 663 g/mol. The molecule has 0 amide bonds. The molecule has 0 fully saturated rings. The Kier molecular flexibility index (Phi) is 6.42. The van der Waals surface area contributed by atoms with Gasteiger partial charge in [-0.1, -0.05) is 115 Å². The number of rotatable bonds is 3. The fourth-order valence-corrected chi connectivity index (χ4v) is 7.96. The molecule has 6 nitrogen and oxygen atoms in total. The molecule has 0 N–H and O–H groups in total. The van der Waals surface area contributed by atoms with Crippen molar-refractivity contribution in [1.82, 2.24) is 15.0 Å². The first-order valence-electron chi connectivity index (χ1n) is 17.0. The van der Waals surface area contributed by atoms with Crippen LogP contribution in [0.2, 0.25) is 0 Å². The second-order valence-electron chi connectivity index (χ2n) is 13.0. The smallest absolute Gasteiger partial charge is 0.164 e. The highest BCUT2D eigenvalue weighted by Crippen LogP contribution is 2.63. The summed E-state index contributed by atoms with van der Waals surface area (Å²) in [4.78, 5) is 14.9. The van der Waals surface area contributed by atoms with Gasteiger partial charge in [0, 0.05) is 27.8 Å². The van der Waals surface area contributed by atoms with Crippen molar-refractivity contribution in [3.8, 4) is 68.9 Å². The summed E-state index contributed by atoms with van der Waals surface area (Å²) in [5.74, 6) is 2.94. The third kappa shape index (κ3) is 4.25. The summed E-state index contributed by atoms with van der Waals surface area (Å²) in [7, 11) is 0. The minimum atomic E-state index is -0.840. The summed E-state index contributed by atoms with van der Waals surface area (Å²) in [6.07, 6.45) is 0. The fraction of sp³-hybridized carbons (Fsp3) is 0.0217. The Morgan fingerprint density at radius 1 is 0.462 bits per heavy atom. The average molecular weight is 664 g/mol. The third-order valence-corrected chi connectivity index (χ3v) is 10.2. The van der Waals surface area contributed by atoms with Gasteiger partial charge in [0.25, 0.3) is 0 Å². The van der Waals surface area contributed by atoms with Gasteiger partial charge in [-0.15, -0.1) is 0 Å². The number of hydrogen-bond acceptors (Lipinski definition) is 6. The van der Waals surface area contributed by atoms with Crippen LogP contribution in [0.4, 0.5) is 0 Å². The molecular weight excluding hydrogens is 639 g/mol. The van der Waals surface area contributed by atoms with E-state index < -0.39 is 5.41 Å². The topological polar surface area (TPSA) is 95.5 Å². The van der Waals surface area contributed by atoms with Gasteiger partial charge >= 0.3 is 0 Å². The number of benzene rings is 7. The Morgan fingerprint density at radius 2 is 1.10 bits per heavy atom. The summed E-state index contributed by atoms with van der Waals surface area (Å²) >= 11 is 0. The summed E-state index contributed by atoms with van der Waals surface area (Å²) in [6, 6.07) is 55.3. The number of nitriles is 2. The van der Waals surface area contributed by atoms with Gasteiger partial charge in [0.2, 0.25) is 0 Å². The van der Waals surface area contributed by atoms with Crippen LogP contribution in [0.25, 0.3) is 56.1 Å². The van der Waals surface area contributed by atoms with E-state index in [0.717, 1.165) is 60.8 Å². The molecule has 52 heavy (non-hydrogen) atoms. The molecule has 1 spiro atoms. The van der Waals surface area contributed by atoms with Crippen LogP contribution in [0.3, 0.4) is 0 Å². The van der Waals surface area contributed by atoms with E-state index in [0.29, 0.717) is 40.1 Å². The molecule has 1 aliphatic heterocycles. The van der Waals surface area contributed by atoms with Gasteiger partial charge < -0.3 is 4.74 Å². The van der Waals surface area contributed by atoms with Crippen molar-refractivity contribution < 1.29 is 4.74 Å². The van der Waals surface area contributed by atoms with Gasteiger partial charge in [-0.25, -0.2) is 15.0 Å². The lowest BCUT2D eigenvalue weighted by molar-refractivity contribution is 0.435.